The molecule has 0 spiro atoms. The van der Waals surface area contributed by atoms with Crippen LogP contribution in [-0.4, -0.2) is 178 Å². The highest BCUT2D eigenvalue weighted by molar-refractivity contribution is 5.08. The molecule has 1 aliphatic carbocycles. The average molecular weight is 614 g/mol. The van der Waals surface area contributed by atoms with Gasteiger partial charge in [-0.2, -0.15) is 0 Å². The highest BCUT2D eigenvalue weighted by atomic mass is 16.7. The first-order valence-corrected chi connectivity index (χ1v) is 14.3. The van der Waals surface area contributed by atoms with Gasteiger partial charge in [0.2, 0.25) is 0 Å². The van der Waals surface area contributed by atoms with Crippen molar-refractivity contribution in [2.45, 2.75) is 104 Å². The number of aliphatic hydroxyl groups excluding tert-OH is 8. The molecule has 3 rings (SSSR count). The standard InChI is InChI=1S/C24H51N7O11/c25-2-9(34)4-31-11-1-10(27)14(19(37)22(11)42-24-21(39)15(28)17(35)13(7-33)41-24)23-16(29)20(38)18(36)12(40-23)5-30-3-8(26)6-32/h8-24,30-39H,1-7,25-29H2/t8?,9?,10-,11+,12+,13+,14?,15-,16+,17+,18+,19-,20+,21+,22-,23+,24+/m0/s1. The van der Waals surface area contributed by atoms with Crippen molar-refractivity contribution in [2.75, 3.05) is 39.4 Å². The summed E-state index contributed by atoms with van der Waals surface area (Å²) in [5, 5.41) is 88.8. The highest BCUT2D eigenvalue weighted by Crippen LogP contribution is 2.36. The number of rotatable bonds is 13. The van der Waals surface area contributed by atoms with E-state index >= 15 is 0 Å². The molecule has 0 aromatic carbocycles. The van der Waals surface area contributed by atoms with E-state index in [9.17, 15) is 35.7 Å². The van der Waals surface area contributed by atoms with Gasteiger partial charge in [-0.05, 0) is 6.42 Å². The van der Waals surface area contributed by atoms with Gasteiger partial charge in [-0.1, -0.05) is 0 Å². The first-order chi connectivity index (χ1) is 19.9. The second-order valence-electron chi connectivity index (χ2n) is 11.6. The van der Waals surface area contributed by atoms with E-state index in [-0.39, 0.29) is 39.2 Å². The van der Waals surface area contributed by atoms with Crippen molar-refractivity contribution in [1.29, 1.82) is 0 Å². The van der Waals surface area contributed by atoms with Crippen molar-refractivity contribution < 1.29 is 55.1 Å². The van der Waals surface area contributed by atoms with Crippen LogP contribution >= 0.6 is 0 Å². The maximum atomic E-state index is 11.7. The molecule has 18 heteroatoms. The number of nitrogens with one attached hydrogen (secondary N) is 2. The SMILES string of the molecule is NCC(O)CN[C@@H]1C[C@H](N)C([C@H]2O[C@H](CNCC(N)CO)[C@@H](O)[C@H](O)[C@H]2N)[C@H](O)[C@H]1O[C@H]1O[C@H](CO)[C@@H](O)[C@H](N)[C@H]1O. The Balaban J connectivity index is 1.84. The minimum Gasteiger partial charge on any atom is -0.395 e. The Morgan fingerprint density at radius 3 is 2.17 bits per heavy atom. The number of nitrogens with two attached hydrogens (primary N) is 5. The molecule has 248 valence electrons. The second-order valence-corrected chi connectivity index (χ2v) is 11.6. The second kappa shape index (κ2) is 16.0. The number of hydrogen-bond acceptors (Lipinski definition) is 18. The van der Waals surface area contributed by atoms with Gasteiger partial charge in [0.25, 0.3) is 0 Å². The molecular formula is C24H51N7O11. The maximum Gasteiger partial charge on any atom is 0.186 e. The molecule has 0 aromatic rings. The van der Waals surface area contributed by atoms with Crippen LogP contribution in [0.2, 0.25) is 0 Å². The Morgan fingerprint density at radius 1 is 0.857 bits per heavy atom. The fraction of sp³-hybridized carbons (Fsp3) is 1.00. The van der Waals surface area contributed by atoms with Crippen molar-refractivity contribution in [3.8, 4) is 0 Å². The van der Waals surface area contributed by atoms with Gasteiger partial charge >= 0.3 is 0 Å². The monoisotopic (exact) mass is 613 g/mol. The molecular weight excluding hydrogens is 562 g/mol. The molecule has 0 aromatic heterocycles. The molecule has 3 unspecified atom stereocenters. The van der Waals surface area contributed by atoms with Crippen LogP contribution in [-0.2, 0) is 14.2 Å². The van der Waals surface area contributed by atoms with Gasteiger partial charge in [-0.15, -0.1) is 0 Å². The van der Waals surface area contributed by atoms with Gasteiger partial charge in [0.05, 0.1) is 49.7 Å². The maximum absolute atomic E-state index is 11.7. The lowest BCUT2D eigenvalue weighted by atomic mass is 9.71. The largest absolute Gasteiger partial charge is 0.395 e. The van der Waals surface area contributed by atoms with E-state index in [4.69, 9.17) is 48.0 Å². The number of hydrogen-bond donors (Lipinski definition) is 15. The summed E-state index contributed by atoms with van der Waals surface area (Å²) in [5.74, 6) is -0.958. The molecule has 2 aliphatic heterocycles. The summed E-state index contributed by atoms with van der Waals surface area (Å²) in [5.41, 5.74) is 30.0. The van der Waals surface area contributed by atoms with Crippen molar-refractivity contribution in [2.24, 2.45) is 34.6 Å². The topological polar surface area (TPSA) is 344 Å². The Hall–Kier alpha value is -0.720. The molecule has 0 amide bonds. The van der Waals surface area contributed by atoms with Gasteiger partial charge in [-0.3, -0.25) is 0 Å². The third-order valence-corrected chi connectivity index (χ3v) is 8.47. The summed E-state index contributed by atoms with van der Waals surface area (Å²) in [4.78, 5) is 0. The van der Waals surface area contributed by atoms with E-state index in [1.807, 2.05) is 0 Å². The molecule has 18 nitrogen and oxygen atoms in total. The fourth-order valence-corrected chi connectivity index (χ4v) is 5.87. The van der Waals surface area contributed by atoms with Crippen LogP contribution in [0.25, 0.3) is 0 Å². The molecule has 2 saturated heterocycles. The van der Waals surface area contributed by atoms with Gasteiger partial charge in [0.15, 0.2) is 6.29 Å². The van der Waals surface area contributed by atoms with Crippen molar-refractivity contribution in [1.82, 2.24) is 10.6 Å². The van der Waals surface area contributed by atoms with Crippen LogP contribution < -0.4 is 39.3 Å². The average Bonchev–Trinajstić information content (AvgIpc) is 2.97. The predicted octanol–water partition coefficient (Wildman–Crippen LogP) is -9.15. The number of ether oxygens (including phenoxy) is 3. The van der Waals surface area contributed by atoms with E-state index < -0.39 is 110 Å². The van der Waals surface area contributed by atoms with E-state index in [1.165, 1.54) is 0 Å². The van der Waals surface area contributed by atoms with Crippen LogP contribution in [0.5, 0.6) is 0 Å². The lowest BCUT2D eigenvalue weighted by molar-refractivity contribution is -0.308. The van der Waals surface area contributed by atoms with E-state index in [0.29, 0.717) is 0 Å². The summed E-state index contributed by atoms with van der Waals surface area (Å²) in [6.07, 6.45) is -13.8. The minimum absolute atomic E-state index is 0.0186. The minimum atomic E-state index is -1.54. The van der Waals surface area contributed by atoms with Crippen molar-refractivity contribution in [3.63, 3.8) is 0 Å². The first kappa shape index (κ1) is 35.8. The third kappa shape index (κ3) is 8.10. The fourth-order valence-electron chi connectivity index (χ4n) is 5.87. The molecule has 2 heterocycles. The summed E-state index contributed by atoms with van der Waals surface area (Å²) in [6, 6.07) is -4.45. The Bertz CT molecular complexity index is 810. The zero-order valence-electron chi connectivity index (χ0n) is 23.5. The first-order valence-electron chi connectivity index (χ1n) is 14.3. The van der Waals surface area contributed by atoms with Gasteiger partial charge in [0.1, 0.15) is 36.6 Å². The molecule has 3 aliphatic rings. The Labute approximate surface area is 244 Å². The van der Waals surface area contributed by atoms with Crippen molar-refractivity contribution >= 4 is 0 Å². The van der Waals surface area contributed by atoms with Crippen molar-refractivity contribution in [3.05, 3.63) is 0 Å². The van der Waals surface area contributed by atoms with Gasteiger partial charge in [-0.25, -0.2) is 0 Å². The Kier molecular flexibility index (Phi) is 13.6. The van der Waals surface area contributed by atoms with Gasteiger partial charge in [0, 0.05) is 50.2 Å². The summed E-state index contributed by atoms with van der Waals surface area (Å²) in [6.45, 7) is -0.655. The summed E-state index contributed by atoms with van der Waals surface area (Å²) < 4.78 is 17.7. The normalized spacial score (nSPS) is 46.4. The van der Waals surface area contributed by atoms with Crippen LogP contribution in [0.1, 0.15) is 6.42 Å². The quantitative estimate of drug-likeness (QED) is 0.0916. The summed E-state index contributed by atoms with van der Waals surface area (Å²) >= 11 is 0. The zero-order valence-corrected chi connectivity index (χ0v) is 23.5. The molecule has 42 heavy (non-hydrogen) atoms. The van der Waals surface area contributed by atoms with E-state index in [1.54, 1.807) is 0 Å². The molecule has 17 atom stereocenters. The highest BCUT2D eigenvalue weighted by Gasteiger charge is 2.55. The van der Waals surface area contributed by atoms with Crippen LogP contribution in [0.3, 0.4) is 0 Å². The molecule has 3 fully saturated rings. The Morgan fingerprint density at radius 2 is 1.55 bits per heavy atom. The lowest BCUT2D eigenvalue weighted by Gasteiger charge is -2.52. The molecule has 0 bridgehead atoms. The van der Waals surface area contributed by atoms with Gasteiger partial charge < -0.3 is 94.4 Å². The smallest absolute Gasteiger partial charge is 0.186 e. The lowest BCUT2D eigenvalue weighted by Crippen LogP contribution is -2.72. The van der Waals surface area contributed by atoms with E-state index in [2.05, 4.69) is 10.6 Å². The molecule has 0 radical (unpaired) electrons. The predicted molar refractivity (Wildman–Crippen MR) is 146 cm³/mol. The van der Waals surface area contributed by atoms with E-state index in [0.717, 1.165) is 0 Å². The molecule has 1 saturated carbocycles. The van der Waals surface area contributed by atoms with Crippen LogP contribution in [0, 0.1) is 5.92 Å². The zero-order chi connectivity index (χ0) is 31.3. The summed E-state index contributed by atoms with van der Waals surface area (Å²) in [7, 11) is 0. The van der Waals surface area contributed by atoms with Crippen LogP contribution in [0.4, 0.5) is 0 Å². The third-order valence-electron chi connectivity index (χ3n) is 8.47. The van der Waals surface area contributed by atoms with Crippen LogP contribution in [0.15, 0.2) is 0 Å². The molecule has 20 N–H and O–H groups in total. The number of aliphatic hydroxyl groups is 8.